The highest BCUT2D eigenvalue weighted by Gasteiger charge is 2.26. The number of piperidine rings is 1. The maximum absolute atomic E-state index is 11.9. The van der Waals surface area contributed by atoms with E-state index in [0.29, 0.717) is 12.5 Å². The van der Waals surface area contributed by atoms with Gasteiger partial charge in [-0.1, -0.05) is 13.8 Å². The standard InChI is InChI=1S/C15H23NO3/c1-12(2)11-19-15(17)13-5-7-16(8-6-13)10-14-4-3-9-18-14/h3-4,9,12-13H,5-8,10-11H2,1-2H3. The lowest BCUT2D eigenvalue weighted by molar-refractivity contribution is -0.151. The molecule has 1 aliphatic rings. The van der Waals surface area contributed by atoms with Gasteiger partial charge in [-0.2, -0.15) is 0 Å². The highest BCUT2D eigenvalue weighted by atomic mass is 16.5. The lowest BCUT2D eigenvalue weighted by Crippen LogP contribution is -2.36. The van der Waals surface area contributed by atoms with Crippen LogP contribution in [0.1, 0.15) is 32.4 Å². The number of carbonyl (C=O) groups excluding carboxylic acids is 1. The third-order valence-electron chi connectivity index (χ3n) is 3.44. The summed E-state index contributed by atoms with van der Waals surface area (Å²) in [4.78, 5) is 14.2. The Hall–Kier alpha value is -1.29. The summed E-state index contributed by atoms with van der Waals surface area (Å²) in [6.45, 7) is 7.34. The van der Waals surface area contributed by atoms with Crippen molar-refractivity contribution in [3.05, 3.63) is 24.2 Å². The molecule has 4 nitrogen and oxygen atoms in total. The third kappa shape index (κ3) is 4.39. The maximum Gasteiger partial charge on any atom is 0.309 e. The lowest BCUT2D eigenvalue weighted by atomic mass is 9.97. The molecule has 4 heteroatoms. The first-order chi connectivity index (χ1) is 9.15. The Bertz CT molecular complexity index is 378. The van der Waals surface area contributed by atoms with Crippen molar-refractivity contribution in [3.8, 4) is 0 Å². The van der Waals surface area contributed by atoms with Crippen molar-refractivity contribution in [2.45, 2.75) is 33.2 Å². The van der Waals surface area contributed by atoms with Crippen LogP contribution in [0.5, 0.6) is 0 Å². The van der Waals surface area contributed by atoms with Crippen LogP contribution in [0.25, 0.3) is 0 Å². The minimum absolute atomic E-state index is 0.0219. The molecule has 0 spiro atoms. The fourth-order valence-corrected chi connectivity index (χ4v) is 2.32. The van der Waals surface area contributed by atoms with Gasteiger partial charge in [0.15, 0.2) is 0 Å². The van der Waals surface area contributed by atoms with Crippen LogP contribution in [0.2, 0.25) is 0 Å². The van der Waals surface area contributed by atoms with Crippen LogP contribution in [0.3, 0.4) is 0 Å². The van der Waals surface area contributed by atoms with E-state index in [2.05, 4.69) is 18.7 Å². The molecule has 1 saturated heterocycles. The van der Waals surface area contributed by atoms with Crippen molar-refractivity contribution in [1.82, 2.24) is 4.90 Å². The predicted octanol–water partition coefficient (Wildman–Crippen LogP) is 2.69. The Morgan fingerprint density at radius 3 is 2.79 bits per heavy atom. The minimum atomic E-state index is -0.0219. The van der Waals surface area contributed by atoms with Gasteiger partial charge in [0.05, 0.1) is 25.3 Å². The second-order valence-corrected chi connectivity index (χ2v) is 5.65. The molecule has 0 atom stereocenters. The molecule has 1 aliphatic heterocycles. The first-order valence-corrected chi connectivity index (χ1v) is 7.06. The molecule has 106 valence electrons. The van der Waals surface area contributed by atoms with Crippen LogP contribution in [0.4, 0.5) is 0 Å². The number of hydrogen-bond donors (Lipinski definition) is 0. The van der Waals surface area contributed by atoms with Gasteiger partial charge in [-0.15, -0.1) is 0 Å². The third-order valence-corrected chi connectivity index (χ3v) is 3.44. The van der Waals surface area contributed by atoms with E-state index in [1.807, 2.05) is 12.1 Å². The summed E-state index contributed by atoms with van der Waals surface area (Å²) < 4.78 is 10.7. The van der Waals surface area contributed by atoms with E-state index in [9.17, 15) is 4.79 Å². The number of ether oxygens (including phenoxy) is 1. The Morgan fingerprint density at radius 2 is 2.21 bits per heavy atom. The summed E-state index contributed by atoms with van der Waals surface area (Å²) in [6, 6.07) is 3.90. The van der Waals surface area contributed by atoms with E-state index in [-0.39, 0.29) is 11.9 Å². The summed E-state index contributed by atoms with van der Waals surface area (Å²) in [5.74, 6) is 1.45. The normalized spacial score (nSPS) is 17.8. The molecule has 0 radical (unpaired) electrons. The lowest BCUT2D eigenvalue weighted by Gasteiger charge is -2.30. The molecule has 2 heterocycles. The van der Waals surface area contributed by atoms with Gasteiger partial charge >= 0.3 is 5.97 Å². The van der Waals surface area contributed by atoms with Gasteiger partial charge in [-0.3, -0.25) is 9.69 Å². The number of rotatable bonds is 5. The van der Waals surface area contributed by atoms with E-state index in [4.69, 9.17) is 9.15 Å². The molecule has 1 fully saturated rings. The van der Waals surface area contributed by atoms with Gasteiger partial charge in [0.1, 0.15) is 5.76 Å². The van der Waals surface area contributed by atoms with Crippen molar-refractivity contribution in [1.29, 1.82) is 0 Å². The summed E-state index contributed by atoms with van der Waals surface area (Å²) in [5, 5.41) is 0. The van der Waals surface area contributed by atoms with Crippen LogP contribution < -0.4 is 0 Å². The van der Waals surface area contributed by atoms with Crippen LogP contribution >= 0.6 is 0 Å². The minimum Gasteiger partial charge on any atom is -0.468 e. The topological polar surface area (TPSA) is 42.7 Å². The molecule has 0 N–H and O–H groups in total. The highest BCUT2D eigenvalue weighted by molar-refractivity contribution is 5.72. The van der Waals surface area contributed by atoms with E-state index >= 15 is 0 Å². The molecular formula is C15H23NO3. The van der Waals surface area contributed by atoms with Crippen molar-refractivity contribution < 1.29 is 13.9 Å². The van der Waals surface area contributed by atoms with Crippen molar-refractivity contribution in [2.75, 3.05) is 19.7 Å². The van der Waals surface area contributed by atoms with Gasteiger partial charge < -0.3 is 9.15 Å². The molecule has 2 rings (SSSR count). The maximum atomic E-state index is 11.9. The van der Waals surface area contributed by atoms with E-state index < -0.39 is 0 Å². The predicted molar refractivity (Wildman–Crippen MR) is 72.5 cm³/mol. The Kier molecular flexibility index (Phi) is 5.02. The highest BCUT2D eigenvalue weighted by Crippen LogP contribution is 2.20. The van der Waals surface area contributed by atoms with Gasteiger partial charge in [-0.05, 0) is 44.0 Å². The number of hydrogen-bond acceptors (Lipinski definition) is 4. The van der Waals surface area contributed by atoms with Crippen molar-refractivity contribution in [2.24, 2.45) is 11.8 Å². The Morgan fingerprint density at radius 1 is 1.47 bits per heavy atom. The number of carbonyl (C=O) groups is 1. The smallest absolute Gasteiger partial charge is 0.309 e. The van der Waals surface area contributed by atoms with Gasteiger partial charge in [0.25, 0.3) is 0 Å². The molecule has 0 aliphatic carbocycles. The second kappa shape index (κ2) is 6.75. The summed E-state index contributed by atoms with van der Waals surface area (Å²) in [5.41, 5.74) is 0. The quantitative estimate of drug-likeness (QED) is 0.768. The molecule has 0 saturated carbocycles. The second-order valence-electron chi connectivity index (χ2n) is 5.65. The Labute approximate surface area is 114 Å². The van der Waals surface area contributed by atoms with Gasteiger partial charge in [0, 0.05) is 0 Å². The summed E-state index contributed by atoms with van der Waals surface area (Å²) >= 11 is 0. The zero-order valence-corrected chi connectivity index (χ0v) is 11.8. The molecule has 1 aromatic heterocycles. The molecule has 0 aromatic carbocycles. The molecule has 0 amide bonds. The van der Waals surface area contributed by atoms with E-state index in [0.717, 1.165) is 38.2 Å². The largest absolute Gasteiger partial charge is 0.468 e. The number of nitrogens with zero attached hydrogens (tertiary/aromatic N) is 1. The molecule has 1 aromatic rings. The zero-order chi connectivity index (χ0) is 13.7. The van der Waals surface area contributed by atoms with Gasteiger partial charge in [-0.25, -0.2) is 0 Å². The zero-order valence-electron chi connectivity index (χ0n) is 11.8. The van der Waals surface area contributed by atoms with Crippen LogP contribution in [0, 0.1) is 11.8 Å². The molecule has 19 heavy (non-hydrogen) atoms. The summed E-state index contributed by atoms with van der Waals surface area (Å²) in [7, 11) is 0. The average Bonchev–Trinajstić information content (AvgIpc) is 2.89. The fourth-order valence-electron chi connectivity index (χ4n) is 2.32. The molecule has 0 bridgehead atoms. The first kappa shape index (κ1) is 14.1. The van der Waals surface area contributed by atoms with Crippen molar-refractivity contribution >= 4 is 5.97 Å². The molecule has 0 unspecified atom stereocenters. The number of furan rings is 1. The average molecular weight is 265 g/mol. The van der Waals surface area contributed by atoms with Crippen molar-refractivity contribution in [3.63, 3.8) is 0 Å². The van der Waals surface area contributed by atoms with Crippen LogP contribution in [0.15, 0.2) is 22.8 Å². The number of likely N-dealkylation sites (tertiary alicyclic amines) is 1. The number of esters is 1. The van der Waals surface area contributed by atoms with E-state index in [1.54, 1.807) is 6.26 Å². The van der Waals surface area contributed by atoms with Crippen LogP contribution in [-0.2, 0) is 16.1 Å². The Balaban J connectivity index is 1.71. The summed E-state index contributed by atoms with van der Waals surface area (Å²) in [6.07, 6.45) is 3.47. The fraction of sp³-hybridized carbons (Fsp3) is 0.667. The SMILES string of the molecule is CC(C)COC(=O)C1CCN(Cc2ccco2)CC1. The first-order valence-electron chi connectivity index (χ1n) is 7.06. The molecular weight excluding hydrogens is 242 g/mol. The van der Waals surface area contributed by atoms with Crippen LogP contribution in [-0.4, -0.2) is 30.6 Å². The monoisotopic (exact) mass is 265 g/mol. The van der Waals surface area contributed by atoms with E-state index in [1.165, 1.54) is 0 Å². The van der Waals surface area contributed by atoms with Gasteiger partial charge in [0.2, 0.25) is 0 Å².